The Labute approximate surface area is 191 Å². The fourth-order valence-corrected chi connectivity index (χ4v) is 5.87. The lowest BCUT2D eigenvalue weighted by Gasteiger charge is -2.32. The summed E-state index contributed by atoms with van der Waals surface area (Å²) in [5.41, 5.74) is 5.33. The lowest BCUT2D eigenvalue weighted by atomic mass is 9.78. The van der Waals surface area contributed by atoms with Gasteiger partial charge in [-0.15, -0.1) is 0 Å². The molecule has 3 aromatic rings. The van der Waals surface area contributed by atoms with E-state index >= 15 is 0 Å². The largest absolute Gasteiger partial charge is 0.370 e. The van der Waals surface area contributed by atoms with Crippen LogP contribution in [-0.4, -0.2) is 31.8 Å². The van der Waals surface area contributed by atoms with Gasteiger partial charge >= 0.3 is 0 Å². The Balaban J connectivity index is 1.47. The zero-order valence-corrected chi connectivity index (χ0v) is 20.0. The zero-order valence-electron chi connectivity index (χ0n) is 19.2. The Morgan fingerprint density at radius 3 is 2.50 bits per heavy atom. The first-order chi connectivity index (χ1) is 15.2. The molecule has 0 spiro atoms. The van der Waals surface area contributed by atoms with Crippen LogP contribution in [0.3, 0.4) is 0 Å². The third kappa shape index (κ3) is 4.52. The Bertz CT molecular complexity index is 1220. The summed E-state index contributed by atoms with van der Waals surface area (Å²) in [6.07, 6.45) is 5.65. The molecular weight excluding hydrogens is 420 g/mol. The van der Waals surface area contributed by atoms with Crippen molar-refractivity contribution < 1.29 is 17.5 Å². The number of benzene rings is 2. The van der Waals surface area contributed by atoms with Gasteiger partial charge in [-0.25, -0.2) is 0 Å². The SMILES string of the molecule is CN1c2ccccc2C(C)(C)C1CCCc1cc[n+](CCCS(=O)(=O)O)c2ccccc12. The predicted molar refractivity (Wildman–Crippen MR) is 130 cm³/mol. The molecule has 4 rings (SSSR count). The number of pyridine rings is 1. The van der Waals surface area contributed by atoms with Gasteiger partial charge in [-0.2, -0.15) is 13.0 Å². The first-order valence-corrected chi connectivity index (χ1v) is 13.0. The van der Waals surface area contributed by atoms with Crippen LogP contribution in [-0.2, 0) is 28.5 Å². The van der Waals surface area contributed by atoms with E-state index in [-0.39, 0.29) is 11.2 Å². The van der Waals surface area contributed by atoms with Crippen molar-refractivity contribution in [3.8, 4) is 0 Å². The number of aromatic nitrogens is 1. The number of hydrogen-bond acceptors (Lipinski definition) is 3. The average Bonchev–Trinajstić information content (AvgIpc) is 2.95. The maximum atomic E-state index is 11.1. The van der Waals surface area contributed by atoms with E-state index in [0.717, 1.165) is 24.8 Å². The van der Waals surface area contributed by atoms with Crippen molar-refractivity contribution in [1.82, 2.24) is 0 Å². The molecule has 2 aromatic carbocycles. The summed E-state index contributed by atoms with van der Waals surface area (Å²) < 4.78 is 33.2. The summed E-state index contributed by atoms with van der Waals surface area (Å²) in [7, 11) is -1.71. The van der Waals surface area contributed by atoms with Gasteiger partial charge in [0, 0.05) is 48.1 Å². The Morgan fingerprint density at radius 1 is 1.03 bits per heavy atom. The molecule has 1 N–H and O–H groups in total. The first-order valence-electron chi connectivity index (χ1n) is 11.4. The zero-order chi connectivity index (χ0) is 22.9. The molecule has 1 aromatic heterocycles. The molecule has 0 saturated carbocycles. The van der Waals surface area contributed by atoms with Crippen molar-refractivity contribution in [2.75, 3.05) is 17.7 Å². The molecule has 0 aliphatic carbocycles. The normalized spacial score (nSPS) is 17.6. The van der Waals surface area contributed by atoms with Gasteiger partial charge in [0.1, 0.15) is 6.54 Å². The average molecular weight is 454 g/mol. The topological polar surface area (TPSA) is 61.5 Å². The second-order valence-electron chi connectivity index (χ2n) is 9.45. The fourth-order valence-electron chi connectivity index (χ4n) is 5.37. The van der Waals surface area contributed by atoms with E-state index in [2.05, 4.69) is 78.9 Å². The van der Waals surface area contributed by atoms with E-state index in [9.17, 15) is 8.42 Å². The molecule has 0 saturated heterocycles. The molecule has 1 aliphatic rings. The van der Waals surface area contributed by atoms with Crippen LogP contribution >= 0.6 is 0 Å². The predicted octanol–water partition coefficient (Wildman–Crippen LogP) is 4.52. The van der Waals surface area contributed by atoms with Gasteiger partial charge in [0.25, 0.3) is 10.1 Å². The van der Waals surface area contributed by atoms with E-state index in [1.165, 1.54) is 22.2 Å². The number of likely N-dealkylation sites (N-methyl/N-ethyl adjacent to an activating group) is 1. The number of rotatable bonds is 8. The van der Waals surface area contributed by atoms with Gasteiger partial charge in [0.05, 0.1) is 5.75 Å². The number of anilines is 1. The highest BCUT2D eigenvalue weighted by Gasteiger charge is 2.42. The van der Waals surface area contributed by atoms with Gasteiger partial charge in [-0.1, -0.05) is 44.2 Å². The van der Waals surface area contributed by atoms with Gasteiger partial charge in [0.2, 0.25) is 5.52 Å². The number of para-hydroxylation sites is 2. The minimum Gasteiger partial charge on any atom is -0.370 e. The van der Waals surface area contributed by atoms with Crippen molar-refractivity contribution in [2.24, 2.45) is 0 Å². The van der Waals surface area contributed by atoms with Crippen LogP contribution in [0, 0.1) is 0 Å². The molecule has 1 atom stereocenters. The highest BCUT2D eigenvalue weighted by molar-refractivity contribution is 7.85. The van der Waals surface area contributed by atoms with E-state index in [0.29, 0.717) is 19.0 Å². The second kappa shape index (κ2) is 8.83. The first kappa shape index (κ1) is 22.7. The Kier molecular flexibility index (Phi) is 6.28. The van der Waals surface area contributed by atoms with Crippen molar-refractivity contribution in [2.45, 2.75) is 57.5 Å². The van der Waals surface area contributed by atoms with Crippen LogP contribution in [0.4, 0.5) is 5.69 Å². The molecule has 0 fully saturated rings. The lowest BCUT2D eigenvalue weighted by molar-refractivity contribution is -0.671. The minimum atomic E-state index is -3.93. The smallest absolute Gasteiger partial charge is 0.265 e. The third-order valence-electron chi connectivity index (χ3n) is 7.02. The number of hydrogen-bond donors (Lipinski definition) is 1. The number of aryl methyl sites for hydroxylation is 2. The summed E-state index contributed by atoms with van der Waals surface area (Å²) in [4.78, 5) is 2.45. The maximum absolute atomic E-state index is 11.1. The molecule has 2 heterocycles. The van der Waals surface area contributed by atoms with E-state index < -0.39 is 10.1 Å². The molecule has 32 heavy (non-hydrogen) atoms. The molecule has 1 aliphatic heterocycles. The Morgan fingerprint density at radius 2 is 1.75 bits per heavy atom. The van der Waals surface area contributed by atoms with Crippen molar-refractivity contribution >= 4 is 26.7 Å². The van der Waals surface area contributed by atoms with Crippen molar-refractivity contribution in [3.63, 3.8) is 0 Å². The monoisotopic (exact) mass is 453 g/mol. The second-order valence-corrected chi connectivity index (χ2v) is 11.0. The van der Waals surface area contributed by atoms with E-state index in [1.807, 2.05) is 12.3 Å². The van der Waals surface area contributed by atoms with E-state index in [4.69, 9.17) is 4.55 Å². The van der Waals surface area contributed by atoms with Gasteiger partial charge in [0.15, 0.2) is 6.20 Å². The van der Waals surface area contributed by atoms with Crippen molar-refractivity contribution in [1.29, 1.82) is 0 Å². The summed E-state index contributed by atoms with van der Waals surface area (Å²) >= 11 is 0. The molecular formula is C26H33N2O3S+. The molecule has 1 unspecified atom stereocenters. The molecule has 0 radical (unpaired) electrons. The molecule has 170 valence electrons. The van der Waals surface area contributed by atoms with Gasteiger partial charge in [-0.05, 0) is 42.5 Å². The molecule has 6 heteroatoms. The van der Waals surface area contributed by atoms with Crippen LogP contribution in [0.2, 0.25) is 0 Å². The summed E-state index contributed by atoms with van der Waals surface area (Å²) in [5, 5.41) is 1.21. The highest BCUT2D eigenvalue weighted by atomic mass is 32.2. The van der Waals surface area contributed by atoms with E-state index in [1.54, 1.807) is 0 Å². The van der Waals surface area contributed by atoms with Crippen LogP contribution < -0.4 is 9.47 Å². The van der Waals surface area contributed by atoms with Crippen LogP contribution in [0.5, 0.6) is 0 Å². The van der Waals surface area contributed by atoms with Crippen molar-refractivity contribution in [3.05, 3.63) is 71.9 Å². The van der Waals surface area contributed by atoms with Gasteiger partial charge in [-0.3, -0.25) is 4.55 Å². The summed E-state index contributed by atoms with van der Waals surface area (Å²) in [6, 6.07) is 19.7. The third-order valence-corrected chi connectivity index (χ3v) is 7.82. The lowest BCUT2D eigenvalue weighted by Crippen LogP contribution is -2.39. The summed E-state index contributed by atoms with van der Waals surface area (Å²) in [6.45, 7) is 5.26. The maximum Gasteiger partial charge on any atom is 0.265 e. The highest BCUT2D eigenvalue weighted by Crippen LogP contribution is 2.45. The number of nitrogens with zero attached hydrogens (tertiary/aromatic N) is 2. The number of fused-ring (bicyclic) bond motifs is 2. The van der Waals surface area contributed by atoms with Crippen LogP contribution in [0.25, 0.3) is 10.9 Å². The summed E-state index contributed by atoms with van der Waals surface area (Å²) in [5.74, 6) is -0.219. The quantitative estimate of drug-likeness (QED) is 0.402. The van der Waals surface area contributed by atoms with Crippen LogP contribution in [0.1, 0.15) is 44.2 Å². The standard InChI is InChI=1S/C26H32N2O3S/c1-26(2)22-12-5-7-14-24(22)27(3)25(26)15-8-10-20-16-18-28(17-9-19-32(29,30)31)23-13-6-4-11-21(20)23/h4-7,11-14,16,18,25H,8-10,15,17,19H2,1-3H3/p+1. The fraction of sp³-hybridized carbons (Fsp3) is 0.423. The van der Waals surface area contributed by atoms with Gasteiger partial charge < -0.3 is 4.90 Å². The molecule has 0 bridgehead atoms. The molecule has 0 amide bonds. The Hall–Kier alpha value is -2.44. The van der Waals surface area contributed by atoms with Crippen LogP contribution in [0.15, 0.2) is 60.8 Å². The molecule has 5 nitrogen and oxygen atoms in total. The minimum absolute atomic E-state index is 0.125.